The Morgan fingerprint density at radius 3 is 2.18 bits per heavy atom. The van der Waals surface area contributed by atoms with Gasteiger partial charge < -0.3 is 18.6 Å². The first-order valence-electron chi connectivity index (χ1n) is 14.3. The minimum atomic E-state index is -4.43. The fraction of sp³-hybridized carbons (Fsp3) is 0.424. The third kappa shape index (κ3) is 11.2. The number of nitrogens with zero attached hydrogens (tertiary/aromatic N) is 2. The highest BCUT2D eigenvalue weighted by Crippen LogP contribution is 2.31. The number of allylic oxidation sites excluding steroid dienone is 1. The Balaban J connectivity index is 1.75. The van der Waals surface area contributed by atoms with E-state index in [0.29, 0.717) is 23.4 Å². The zero-order chi connectivity index (χ0) is 33.6. The van der Waals surface area contributed by atoms with Crippen LogP contribution < -0.4 is 4.74 Å². The summed E-state index contributed by atoms with van der Waals surface area (Å²) in [5, 5.41) is 0.807. The molecular weight excluding hydrogens is 593 g/mol. The maximum absolute atomic E-state index is 12.9. The first kappa shape index (κ1) is 35.0. The Morgan fingerprint density at radius 1 is 0.956 bits per heavy atom. The Hall–Kier alpha value is -4.48. The van der Waals surface area contributed by atoms with Crippen molar-refractivity contribution in [3.05, 3.63) is 77.2 Å². The lowest BCUT2D eigenvalue weighted by Crippen LogP contribution is -2.39. The molecule has 244 valence electrons. The molecule has 0 bridgehead atoms. The van der Waals surface area contributed by atoms with E-state index in [1.54, 1.807) is 47.6 Å². The van der Waals surface area contributed by atoms with Gasteiger partial charge in [0.1, 0.15) is 35.5 Å². The predicted octanol–water partition coefficient (Wildman–Crippen LogP) is 9.15. The molecule has 0 atom stereocenters. The van der Waals surface area contributed by atoms with Gasteiger partial charge in [-0.2, -0.15) is 13.2 Å². The summed E-state index contributed by atoms with van der Waals surface area (Å²) in [6, 6.07) is 10.2. The number of carbonyl (C=O) groups excluding carboxylic acids is 2. The summed E-state index contributed by atoms with van der Waals surface area (Å²) in [6.07, 6.45) is -2.61. The molecule has 0 N–H and O–H groups in total. The van der Waals surface area contributed by atoms with E-state index in [9.17, 15) is 22.8 Å². The van der Waals surface area contributed by atoms with Crippen LogP contribution in [0.3, 0.4) is 0 Å². The first-order chi connectivity index (χ1) is 20.8. The Labute approximate surface area is 260 Å². The summed E-state index contributed by atoms with van der Waals surface area (Å²) < 4.78 is 60.7. The monoisotopic (exact) mass is 632 g/mol. The van der Waals surface area contributed by atoms with Gasteiger partial charge >= 0.3 is 18.4 Å². The zero-order valence-corrected chi connectivity index (χ0v) is 26.7. The highest BCUT2D eigenvalue weighted by atomic mass is 19.4. The van der Waals surface area contributed by atoms with Crippen molar-refractivity contribution < 1.29 is 46.2 Å². The van der Waals surface area contributed by atoms with Gasteiger partial charge in [-0.15, -0.1) is 5.06 Å². The minimum absolute atomic E-state index is 0.0500. The van der Waals surface area contributed by atoms with E-state index in [1.807, 2.05) is 32.0 Å². The largest absolute Gasteiger partial charge is 0.534 e. The van der Waals surface area contributed by atoms with E-state index in [4.69, 9.17) is 23.5 Å². The first-order valence-corrected chi connectivity index (χ1v) is 14.3. The Bertz CT molecular complexity index is 1500. The van der Waals surface area contributed by atoms with Gasteiger partial charge in [0.15, 0.2) is 0 Å². The second-order valence-electron chi connectivity index (χ2n) is 12.2. The maximum atomic E-state index is 12.9. The van der Waals surface area contributed by atoms with E-state index in [1.165, 1.54) is 18.4 Å². The maximum Gasteiger partial charge on any atom is 0.534 e. The van der Waals surface area contributed by atoms with Crippen molar-refractivity contribution in [2.24, 2.45) is 0 Å². The smallest absolute Gasteiger partial charge is 0.487 e. The fourth-order valence-electron chi connectivity index (χ4n) is 3.96. The molecule has 2 aromatic carbocycles. The molecule has 0 unspecified atom stereocenters. The molecule has 0 aliphatic heterocycles. The number of aryl methyl sites for hydroxylation is 1. The molecule has 0 spiro atoms. The number of hydrogen-bond donors (Lipinski definition) is 0. The summed E-state index contributed by atoms with van der Waals surface area (Å²) in [4.78, 5) is 34.7. The van der Waals surface area contributed by atoms with Crippen LogP contribution in [0.15, 0.2) is 59.2 Å². The number of alkyl halides is 3. The summed E-state index contributed by atoms with van der Waals surface area (Å²) in [5.41, 5.74) is 1.01. The molecule has 0 saturated carbocycles. The van der Waals surface area contributed by atoms with Gasteiger partial charge in [0, 0.05) is 5.56 Å². The van der Waals surface area contributed by atoms with Crippen molar-refractivity contribution in [3.63, 3.8) is 0 Å². The second kappa shape index (κ2) is 14.1. The van der Waals surface area contributed by atoms with Crippen LogP contribution in [0.2, 0.25) is 0 Å². The molecular formula is C33H39F3N2O7. The van der Waals surface area contributed by atoms with Crippen molar-refractivity contribution in [1.29, 1.82) is 0 Å². The van der Waals surface area contributed by atoms with Gasteiger partial charge in [0.25, 0.3) is 0 Å². The number of carbonyl (C=O) groups is 2. The Morgan fingerprint density at radius 2 is 1.60 bits per heavy atom. The lowest BCUT2D eigenvalue weighted by molar-refractivity contribution is -0.137. The van der Waals surface area contributed by atoms with Crippen LogP contribution in [0, 0.1) is 6.92 Å². The number of hydroxylamine groups is 2. The van der Waals surface area contributed by atoms with Crippen LogP contribution in [-0.4, -0.2) is 40.0 Å². The molecule has 0 aliphatic rings. The number of ether oxygens (including phenoxy) is 3. The van der Waals surface area contributed by atoms with E-state index in [-0.39, 0.29) is 19.0 Å². The van der Waals surface area contributed by atoms with Crippen molar-refractivity contribution in [2.45, 2.75) is 85.8 Å². The van der Waals surface area contributed by atoms with Crippen LogP contribution in [0.4, 0.5) is 22.8 Å². The van der Waals surface area contributed by atoms with Crippen LogP contribution in [0.1, 0.15) is 77.3 Å². The molecule has 0 fully saturated rings. The van der Waals surface area contributed by atoms with Crippen LogP contribution in [0.25, 0.3) is 17.0 Å². The quantitative estimate of drug-likeness (QED) is 0.179. The molecule has 3 rings (SSSR count). The van der Waals surface area contributed by atoms with Gasteiger partial charge in [-0.1, -0.05) is 19.1 Å². The molecule has 0 aliphatic carbocycles. The number of benzene rings is 2. The van der Waals surface area contributed by atoms with Crippen molar-refractivity contribution in [2.75, 3.05) is 6.54 Å². The molecule has 3 aromatic rings. The fourth-order valence-corrected chi connectivity index (χ4v) is 3.96. The van der Waals surface area contributed by atoms with E-state index in [2.05, 4.69) is 4.98 Å². The standard InChI is InChI=1S/C33H39F3N2O7/c1-9-22(14-15-38(29(39)43-31(3,4)5)45-30(40)44-32(6,7)8)24-16-21(2)17-27(18-24)41-19-26-20-42-28(37-26)23-10-12-25(13-11-23)33(34,35)36/h10-14,16-18,20H,9,15,19H2,1-8H3/b22-14+. The lowest BCUT2D eigenvalue weighted by Gasteiger charge is -2.26. The SMILES string of the molecule is CC/C(=C\CN(OC(=O)OC(C)(C)C)C(=O)OC(C)(C)C)c1cc(C)cc(OCc2coc(-c3ccc(C(F)(F)F)cc3)n2)c1. The third-order valence-electron chi connectivity index (χ3n) is 5.88. The Kier molecular flexibility index (Phi) is 11.0. The van der Waals surface area contributed by atoms with E-state index in [0.717, 1.165) is 33.9 Å². The van der Waals surface area contributed by atoms with Crippen LogP contribution in [0.5, 0.6) is 5.75 Å². The third-order valence-corrected chi connectivity index (χ3v) is 5.88. The van der Waals surface area contributed by atoms with Crippen LogP contribution >= 0.6 is 0 Å². The van der Waals surface area contributed by atoms with Gasteiger partial charge in [-0.25, -0.2) is 14.6 Å². The number of hydrogen-bond acceptors (Lipinski definition) is 8. The summed E-state index contributed by atoms with van der Waals surface area (Å²) in [5.74, 6) is 0.712. The normalized spacial score (nSPS) is 12.5. The summed E-state index contributed by atoms with van der Waals surface area (Å²) in [7, 11) is 0. The second-order valence-corrected chi connectivity index (χ2v) is 12.2. The number of halogens is 3. The highest BCUT2D eigenvalue weighted by molar-refractivity contribution is 5.72. The number of rotatable bonds is 8. The number of oxazole rings is 1. The average Bonchev–Trinajstić information content (AvgIpc) is 3.38. The number of aromatic nitrogens is 1. The van der Waals surface area contributed by atoms with Crippen LogP contribution in [-0.2, 0) is 27.1 Å². The van der Waals surface area contributed by atoms with Gasteiger partial charge in [0.2, 0.25) is 5.89 Å². The van der Waals surface area contributed by atoms with Gasteiger partial charge in [-0.05, 0) is 108 Å². The molecule has 0 saturated heterocycles. The molecule has 1 amide bonds. The van der Waals surface area contributed by atoms with Crippen molar-refractivity contribution in [1.82, 2.24) is 10.0 Å². The molecule has 1 heterocycles. The molecule has 12 heteroatoms. The molecule has 1 aromatic heterocycles. The highest BCUT2D eigenvalue weighted by Gasteiger charge is 2.30. The average molecular weight is 633 g/mol. The zero-order valence-electron chi connectivity index (χ0n) is 26.7. The van der Waals surface area contributed by atoms with Gasteiger partial charge in [-0.3, -0.25) is 4.84 Å². The van der Waals surface area contributed by atoms with E-state index < -0.39 is 35.2 Å². The minimum Gasteiger partial charge on any atom is -0.487 e. The summed E-state index contributed by atoms with van der Waals surface area (Å²) in [6.45, 7) is 13.9. The molecule has 45 heavy (non-hydrogen) atoms. The molecule has 9 nitrogen and oxygen atoms in total. The van der Waals surface area contributed by atoms with E-state index >= 15 is 0 Å². The van der Waals surface area contributed by atoms with Crippen molar-refractivity contribution >= 4 is 17.8 Å². The summed E-state index contributed by atoms with van der Waals surface area (Å²) >= 11 is 0. The predicted molar refractivity (Wildman–Crippen MR) is 161 cm³/mol. The van der Waals surface area contributed by atoms with Crippen molar-refractivity contribution in [3.8, 4) is 17.2 Å². The topological polar surface area (TPSA) is 100 Å². The molecule has 0 radical (unpaired) electrons. The lowest BCUT2D eigenvalue weighted by atomic mass is 10.0. The van der Waals surface area contributed by atoms with Gasteiger partial charge in [0.05, 0.1) is 12.1 Å². The number of amides is 1.